The van der Waals surface area contributed by atoms with Crippen LogP contribution in [0.2, 0.25) is 0 Å². The summed E-state index contributed by atoms with van der Waals surface area (Å²) in [6.07, 6.45) is 2.04. The van der Waals surface area contributed by atoms with Crippen LogP contribution in [0.5, 0.6) is 0 Å². The summed E-state index contributed by atoms with van der Waals surface area (Å²) in [5, 5.41) is 0.967. The van der Waals surface area contributed by atoms with Crippen LogP contribution in [0, 0.1) is 17.0 Å². The van der Waals surface area contributed by atoms with Gasteiger partial charge in [-0.25, -0.2) is 8.78 Å². The Labute approximate surface area is 171 Å². The number of hydrogen-bond donors (Lipinski definition) is 0. The van der Waals surface area contributed by atoms with Crippen LogP contribution in [0.1, 0.15) is 38.4 Å². The summed E-state index contributed by atoms with van der Waals surface area (Å²) in [5.74, 6) is -0.461. The van der Waals surface area contributed by atoms with Crippen molar-refractivity contribution in [2.45, 2.75) is 40.2 Å². The monoisotopic (exact) mass is 404 g/mol. The van der Waals surface area contributed by atoms with Gasteiger partial charge in [0.2, 0.25) is 0 Å². The van der Waals surface area contributed by atoms with Crippen molar-refractivity contribution in [3.8, 4) is 5.69 Å². The van der Waals surface area contributed by atoms with Gasteiger partial charge in [-0.15, -0.1) is 12.4 Å². The molecule has 0 fully saturated rings. The summed E-state index contributed by atoms with van der Waals surface area (Å²) in [7, 11) is 0. The molecule has 1 aliphatic rings. The first-order valence-electron chi connectivity index (χ1n) is 9.62. The number of aromatic nitrogens is 1. The molecule has 1 aromatic heterocycles. The minimum atomic E-state index is -0.247. The second-order valence-electron chi connectivity index (χ2n) is 8.74. The molecule has 2 nitrogen and oxygen atoms in total. The van der Waals surface area contributed by atoms with Crippen LogP contribution in [0.4, 0.5) is 8.78 Å². The summed E-state index contributed by atoms with van der Waals surface area (Å²) in [6.45, 7) is 9.65. The molecule has 2 heterocycles. The van der Waals surface area contributed by atoms with Crippen LogP contribution >= 0.6 is 12.4 Å². The highest BCUT2D eigenvalue weighted by molar-refractivity contribution is 5.87. The quantitative estimate of drug-likeness (QED) is 0.510. The van der Waals surface area contributed by atoms with Crippen molar-refractivity contribution >= 4 is 23.3 Å². The molecule has 150 valence electrons. The SMILES string of the molecule is CC(C)(C)CCN1CCc2c(c3cc(F)ccc3n2-c2ccc(F)cc2)C1.Cl. The molecule has 0 atom stereocenters. The van der Waals surface area contributed by atoms with E-state index in [2.05, 4.69) is 30.2 Å². The zero-order valence-electron chi connectivity index (χ0n) is 16.6. The van der Waals surface area contributed by atoms with Crippen LogP contribution in [-0.4, -0.2) is 22.6 Å². The fourth-order valence-electron chi connectivity index (χ4n) is 3.96. The molecule has 28 heavy (non-hydrogen) atoms. The Hall–Kier alpha value is -1.91. The lowest BCUT2D eigenvalue weighted by molar-refractivity contribution is 0.212. The van der Waals surface area contributed by atoms with Crippen LogP contribution in [0.25, 0.3) is 16.6 Å². The second-order valence-corrected chi connectivity index (χ2v) is 8.74. The van der Waals surface area contributed by atoms with Crippen molar-refractivity contribution in [3.63, 3.8) is 0 Å². The topological polar surface area (TPSA) is 8.17 Å². The van der Waals surface area contributed by atoms with E-state index in [0.717, 1.165) is 49.1 Å². The molecule has 0 N–H and O–H groups in total. The first-order chi connectivity index (χ1) is 12.8. The molecular formula is C23H27ClF2N2. The van der Waals surface area contributed by atoms with Crippen molar-refractivity contribution in [2.75, 3.05) is 13.1 Å². The Balaban J connectivity index is 0.00000225. The van der Waals surface area contributed by atoms with Gasteiger partial charge in [0.05, 0.1) is 5.52 Å². The highest BCUT2D eigenvalue weighted by Gasteiger charge is 2.25. The molecule has 4 rings (SSSR count). The molecule has 0 bridgehead atoms. The molecule has 3 aromatic rings. The van der Waals surface area contributed by atoms with E-state index >= 15 is 0 Å². The molecule has 1 aliphatic heterocycles. The molecule has 0 saturated heterocycles. The minimum Gasteiger partial charge on any atom is -0.313 e. The van der Waals surface area contributed by atoms with E-state index in [1.165, 1.54) is 29.5 Å². The lowest BCUT2D eigenvalue weighted by Crippen LogP contribution is -2.33. The number of fused-ring (bicyclic) bond motifs is 3. The number of hydrogen-bond acceptors (Lipinski definition) is 1. The molecule has 0 spiro atoms. The average Bonchev–Trinajstić information content (AvgIpc) is 2.93. The van der Waals surface area contributed by atoms with Crippen LogP contribution in [-0.2, 0) is 13.0 Å². The minimum absolute atomic E-state index is 0. The third-order valence-corrected chi connectivity index (χ3v) is 5.45. The maximum Gasteiger partial charge on any atom is 0.123 e. The zero-order valence-corrected chi connectivity index (χ0v) is 17.5. The second kappa shape index (κ2) is 7.84. The molecule has 5 heteroatoms. The van der Waals surface area contributed by atoms with E-state index in [1.807, 2.05) is 6.07 Å². The third-order valence-electron chi connectivity index (χ3n) is 5.45. The molecule has 0 amide bonds. The van der Waals surface area contributed by atoms with Gasteiger partial charge in [0.25, 0.3) is 0 Å². The van der Waals surface area contributed by atoms with Crippen molar-refractivity contribution in [1.29, 1.82) is 0 Å². The largest absolute Gasteiger partial charge is 0.313 e. The maximum atomic E-state index is 14.0. The van der Waals surface area contributed by atoms with Crippen LogP contribution in [0.3, 0.4) is 0 Å². The molecular weight excluding hydrogens is 378 g/mol. The predicted octanol–water partition coefficient (Wildman–Crippen LogP) is 6.12. The molecule has 0 unspecified atom stereocenters. The first kappa shape index (κ1) is 20.8. The number of halogens is 3. The van der Waals surface area contributed by atoms with Crippen molar-refractivity contribution < 1.29 is 8.78 Å². The summed E-state index contributed by atoms with van der Waals surface area (Å²) in [6, 6.07) is 11.5. The first-order valence-corrected chi connectivity index (χ1v) is 9.62. The van der Waals surface area contributed by atoms with Crippen molar-refractivity contribution in [1.82, 2.24) is 9.47 Å². The van der Waals surface area contributed by atoms with Gasteiger partial charge in [-0.3, -0.25) is 4.90 Å². The van der Waals surface area contributed by atoms with Gasteiger partial charge in [0, 0.05) is 36.3 Å². The standard InChI is InChI=1S/C23H26F2N2.ClH/c1-23(2,3)11-13-26-12-10-22-20(15-26)19-14-17(25)6-9-21(19)27(22)18-7-4-16(24)5-8-18;/h4-9,14H,10-13,15H2,1-3H3;1H. The number of nitrogens with zero attached hydrogens (tertiary/aromatic N) is 2. The van der Waals surface area contributed by atoms with Crippen molar-refractivity contribution in [2.24, 2.45) is 5.41 Å². The average molecular weight is 405 g/mol. The summed E-state index contributed by atoms with van der Waals surface area (Å²) in [5.41, 5.74) is 4.64. The Bertz CT molecular complexity index is 971. The zero-order chi connectivity index (χ0) is 19.2. The Morgan fingerprint density at radius 2 is 1.64 bits per heavy atom. The normalized spacial score (nSPS) is 14.8. The summed E-state index contributed by atoms with van der Waals surface area (Å²) in [4.78, 5) is 2.47. The van der Waals surface area contributed by atoms with Gasteiger partial charge in [-0.2, -0.15) is 0 Å². The molecule has 2 aromatic carbocycles. The van der Waals surface area contributed by atoms with E-state index in [4.69, 9.17) is 0 Å². The lowest BCUT2D eigenvalue weighted by atomic mass is 9.91. The highest BCUT2D eigenvalue weighted by atomic mass is 35.5. The fourth-order valence-corrected chi connectivity index (χ4v) is 3.96. The molecule has 0 aliphatic carbocycles. The predicted molar refractivity (Wildman–Crippen MR) is 113 cm³/mol. The third kappa shape index (κ3) is 4.08. The van der Waals surface area contributed by atoms with Gasteiger partial charge >= 0.3 is 0 Å². The van der Waals surface area contributed by atoms with E-state index in [-0.39, 0.29) is 24.0 Å². The van der Waals surface area contributed by atoms with Gasteiger partial charge in [-0.05, 0) is 66.4 Å². The van der Waals surface area contributed by atoms with E-state index in [0.29, 0.717) is 5.41 Å². The Morgan fingerprint density at radius 1 is 0.964 bits per heavy atom. The van der Waals surface area contributed by atoms with Crippen molar-refractivity contribution in [3.05, 3.63) is 65.4 Å². The maximum absolute atomic E-state index is 14.0. The van der Waals surface area contributed by atoms with Gasteiger partial charge in [-0.1, -0.05) is 20.8 Å². The lowest BCUT2D eigenvalue weighted by Gasteiger charge is -2.30. The number of rotatable bonds is 3. The molecule has 0 radical (unpaired) electrons. The van der Waals surface area contributed by atoms with Crippen LogP contribution < -0.4 is 0 Å². The van der Waals surface area contributed by atoms with E-state index in [1.54, 1.807) is 18.2 Å². The van der Waals surface area contributed by atoms with Gasteiger partial charge in [0.15, 0.2) is 0 Å². The van der Waals surface area contributed by atoms with Crippen LogP contribution in [0.15, 0.2) is 42.5 Å². The molecule has 0 saturated carbocycles. The van der Waals surface area contributed by atoms with Gasteiger partial charge in [0.1, 0.15) is 11.6 Å². The Morgan fingerprint density at radius 3 is 2.32 bits per heavy atom. The number of benzene rings is 2. The van der Waals surface area contributed by atoms with E-state index < -0.39 is 0 Å². The fraction of sp³-hybridized carbons (Fsp3) is 0.391. The Kier molecular flexibility index (Phi) is 5.83. The summed E-state index contributed by atoms with van der Waals surface area (Å²) < 4.78 is 29.6. The summed E-state index contributed by atoms with van der Waals surface area (Å²) >= 11 is 0. The smallest absolute Gasteiger partial charge is 0.123 e. The van der Waals surface area contributed by atoms with E-state index in [9.17, 15) is 8.78 Å². The highest BCUT2D eigenvalue weighted by Crippen LogP contribution is 2.34. The van der Waals surface area contributed by atoms with Gasteiger partial charge < -0.3 is 4.57 Å².